The fraction of sp³-hybridized carbons (Fsp3) is 0.611. The zero-order chi connectivity index (χ0) is 14.8. The van der Waals surface area contributed by atoms with Crippen molar-refractivity contribution < 1.29 is 0 Å². The van der Waals surface area contributed by atoms with Crippen molar-refractivity contribution in [2.45, 2.75) is 59.5 Å². The molecule has 0 saturated heterocycles. The Bertz CT molecular complexity index is 492. The second-order valence-corrected chi connectivity index (χ2v) is 7.80. The van der Waals surface area contributed by atoms with E-state index >= 15 is 0 Å². The minimum absolute atomic E-state index is 0.411. The third-order valence-corrected chi connectivity index (χ3v) is 4.21. The molecular formula is C18H26N2. The van der Waals surface area contributed by atoms with Crippen LogP contribution in [0.3, 0.4) is 0 Å². The molecule has 0 aliphatic heterocycles. The first-order chi connectivity index (χ1) is 9.30. The second-order valence-electron chi connectivity index (χ2n) is 7.80. The van der Waals surface area contributed by atoms with Crippen LogP contribution in [0.2, 0.25) is 0 Å². The minimum Gasteiger partial charge on any atom is -0.310 e. The lowest BCUT2D eigenvalue weighted by Crippen LogP contribution is -2.43. The van der Waals surface area contributed by atoms with E-state index in [0.717, 1.165) is 12.1 Å². The predicted octanol–water partition coefficient (Wildman–Crippen LogP) is 4.25. The van der Waals surface area contributed by atoms with E-state index in [-0.39, 0.29) is 0 Å². The summed E-state index contributed by atoms with van der Waals surface area (Å²) in [6.07, 6.45) is 3.75. The van der Waals surface area contributed by atoms with E-state index in [1.807, 2.05) is 18.2 Å². The van der Waals surface area contributed by atoms with Crippen LogP contribution in [0, 0.1) is 22.2 Å². The summed E-state index contributed by atoms with van der Waals surface area (Å²) in [5.41, 5.74) is 2.76. The molecule has 1 aromatic rings. The maximum absolute atomic E-state index is 8.95. The van der Waals surface area contributed by atoms with Crippen molar-refractivity contribution in [1.82, 2.24) is 5.32 Å². The molecule has 2 rings (SSSR count). The number of hydrogen-bond donors (Lipinski definition) is 1. The first kappa shape index (κ1) is 15.1. The Balaban J connectivity index is 1.98. The summed E-state index contributed by atoms with van der Waals surface area (Å²) >= 11 is 0. The van der Waals surface area contributed by atoms with Crippen LogP contribution in [-0.2, 0) is 6.54 Å². The topological polar surface area (TPSA) is 35.8 Å². The van der Waals surface area contributed by atoms with Crippen molar-refractivity contribution >= 4 is 0 Å². The summed E-state index contributed by atoms with van der Waals surface area (Å²) in [5.74, 6) is 0. The van der Waals surface area contributed by atoms with Gasteiger partial charge in [0.25, 0.3) is 0 Å². The van der Waals surface area contributed by atoms with Crippen LogP contribution in [0.25, 0.3) is 0 Å². The van der Waals surface area contributed by atoms with E-state index in [2.05, 4.69) is 45.1 Å². The first-order valence-corrected chi connectivity index (χ1v) is 7.52. The van der Waals surface area contributed by atoms with Gasteiger partial charge in [-0.15, -0.1) is 0 Å². The van der Waals surface area contributed by atoms with Crippen molar-refractivity contribution in [3.63, 3.8) is 0 Å². The van der Waals surface area contributed by atoms with Gasteiger partial charge in [0.1, 0.15) is 0 Å². The van der Waals surface area contributed by atoms with Gasteiger partial charge in [-0.25, -0.2) is 0 Å². The number of nitrogens with zero attached hydrogens (tertiary/aromatic N) is 1. The fourth-order valence-corrected chi connectivity index (χ4v) is 4.00. The van der Waals surface area contributed by atoms with Crippen LogP contribution in [-0.4, -0.2) is 6.04 Å². The second kappa shape index (κ2) is 5.58. The molecular weight excluding hydrogens is 244 g/mol. The summed E-state index contributed by atoms with van der Waals surface area (Å²) in [6.45, 7) is 10.3. The van der Waals surface area contributed by atoms with Gasteiger partial charge in [-0.05, 0) is 47.8 Å². The van der Waals surface area contributed by atoms with Crippen molar-refractivity contribution in [2.24, 2.45) is 10.8 Å². The van der Waals surface area contributed by atoms with Gasteiger partial charge in [0.15, 0.2) is 0 Å². The van der Waals surface area contributed by atoms with Gasteiger partial charge in [-0.1, -0.05) is 39.8 Å². The van der Waals surface area contributed by atoms with Gasteiger partial charge >= 0.3 is 0 Å². The van der Waals surface area contributed by atoms with Crippen molar-refractivity contribution in [1.29, 1.82) is 5.26 Å². The number of nitriles is 1. The molecule has 1 saturated carbocycles. The molecule has 1 aliphatic rings. The van der Waals surface area contributed by atoms with Crippen LogP contribution in [0.1, 0.15) is 58.1 Å². The average Bonchev–Trinajstić information content (AvgIpc) is 2.33. The van der Waals surface area contributed by atoms with E-state index in [1.165, 1.54) is 24.8 Å². The molecule has 1 fully saturated rings. The molecule has 0 aromatic heterocycles. The molecule has 0 bridgehead atoms. The number of nitrogens with one attached hydrogen (secondary N) is 1. The predicted molar refractivity (Wildman–Crippen MR) is 83.2 cm³/mol. The zero-order valence-corrected chi connectivity index (χ0v) is 13.2. The van der Waals surface area contributed by atoms with Gasteiger partial charge in [-0.3, -0.25) is 0 Å². The van der Waals surface area contributed by atoms with Crippen molar-refractivity contribution in [3.05, 3.63) is 35.4 Å². The van der Waals surface area contributed by atoms with E-state index in [4.69, 9.17) is 5.26 Å². The normalized spacial score (nSPS) is 21.4. The van der Waals surface area contributed by atoms with Crippen LogP contribution in [0.4, 0.5) is 0 Å². The first-order valence-electron chi connectivity index (χ1n) is 7.52. The standard InChI is InChI=1S/C18H26N2/c1-17(2)9-16(10-18(3,4)13-17)20-12-15-7-5-6-14(8-15)11-19/h5-8,16,20H,9-10,12-13H2,1-4H3. The van der Waals surface area contributed by atoms with Gasteiger partial charge in [0.05, 0.1) is 11.6 Å². The molecule has 0 amide bonds. The summed E-state index contributed by atoms with van der Waals surface area (Å²) in [7, 11) is 0. The number of rotatable bonds is 3. The Labute approximate surface area is 123 Å². The van der Waals surface area contributed by atoms with Crippen LogP contribution in [0.15, 0.2) is 24.3 Å². The summed E-state index contributed by atoms with van der Waals surface area (Å²) in [5, 5.41) is 12.6. The van der Waals surface area contributed by atoms with Crippen molar-refractivity contribution in [2.75, 3.05) is 0 Å². The molecule has 1 aromatic carbocycles. The molecule has 2 heteroatoms. The molecule has 1 aliphatic carbocycles. The molecule has 0 radical (unpaired) electrons. The van der Waals surface area contributed by atoms with Gasteiger partial charge in [-0.2, -0.15) is 5.26 Å². The molecule has 1 N–H and O–H groups in total. The molecule has 0 unspecified atom stereocenters. The lowest BCUT2D eigenvalue weighted by molar-refractivity contribution is 0.0845. The van der Waals surface area contributed by atoms with E-state index in [1.54, 1.807) is 0 Å². The van der Waals surface area contributed by atoms with Crippen LogP contribution in [0.5, 0.6) is 0 Å². The number of benzene rings is 1. The van der Waals surface area contributed by atoms with Gasteiger partial charge in [0.2, 0.25) is 0 Å². The third-order valence-electron chi connectivity index (χ3n) is 4.21. The Morgan fingerprint density at radius 1 is 1.20 bits per heavy atom. The maximum Gasteiger partial charge on any atom is 0.0991 e. The lowest BCUT2D eigenvalue weighted by atomic mass is 9.63. The average molecular weight is 270 g/mol. The minimum atomic E-state index is 0.411. The molecule has 0 spiro atoms. The summed E-state index contributed by atoms with van der Waals surface area (Å²) in [4.78, 5) is 0. The number of hydrogen-bond acceptors (Lipinski definition) is 2. The Morgan fingerprint density at radius 2 is 1.85 bits per heavy atom. The van der Waals surface area contributed by atoms with Gasteiger partial charge in [0, 0.05) is 12.6 Å². The van der Waals surface area contributed by atoms with Gasteiger partial charge < -0.3 is 5.32 Å². The largest absolute Gasteiger partial charge is 0.310 e. The van der Waals surface area contributed by atoms with E-state index in [0.29, 0.717) is 16.9 Å². The molecule has 2 nitrogen and oxygen atoms in total. The highest BCUT2D eigenvalue weighted by Crippen LogP contribution is 2.45. The van der Waals surface area contributed by atoms with Crippen LogP contribution >= 0.6 is 0 Å². The SMILES string of the molecule is CC1(C)CC(NCc2cccc(C#N)c2)CC(C)(C)C1. The monoisotopic (exact) mass is 270 g/mol. The zero-order valence-electron chi connectivity index (χ0n) is 13.2. The maximum atomic E-state index is 8.95. The molecule has 0 atom stereocenters. The third kappa shape index (κ3) is 4.08. The molecule has 20 heavy (non-hydrogen) atoms. The fourth-order valence-electron chi connectivity index (χ4n) is 4.00. The summed E-state index contributed by atoms with van der Waals surface area (Å²) < 4.78 is 0. The smallest absolute Gasteiger partial charge is 0.0991 e. The highest BCUT2D eigenvalue weighted by atomic mass is 14.9. The van der Waals surface area contributed by atoms with E-state index < -0.39 is 0 Å². The Hall–Kier alpha value is -1.33. The lowest BCUT2D eigenvalue weighted by Gasteiger charge is -2.45. The molecule has 108 valence electrons. The molecule has 0 heterocycles. The highest BCUT2D eigenvalue weighted by Gasteiger charge is 2.38. The quantitative estimate of drug-likeness (QED) is 0.891. The Morgan fingerprint density at radius 3 is 2.45 bits per heavy atom. The highest BCUT2D eigenvalue weighted by molar-refractivity contribution is 5.32. The Kier molecular flexibility index (Phi) is 4.20. The van der Waals surface area contributed by atoms with Crippen LogP contribution < -0.4 is 5.32 Å². The van der Waals surface area contributed by atoms with E-state index in [9.17, 15) is 0 Å². The summed E-state index contributed by atoms with van der Waals surface area (Å²) in [6, 6.07) is 10.7. The van der Waals surface area contributed by atoms with Crippen molar-refractivity contribution in [3.8, 4) is 6.07 Å².